The zero-order valence-electron chi connectivity index (χ0n) is 19.2. The number of hydrogen-bond donors (Lipinski definition) is 1. The molecule has 2 aromatic rings. The molecule has 2 aliphatic heterocycles. The molecule has 5 nitrogen and oxygen atoms in total. The Morgan fingerprint density at radius 1 is 1.33 bits per heavy atom. The first-order valence-corrected chi connectivity index (χ1v) is 11.4. The fraction of sp³-hybridized carbons (Fsp3) is 0.640. The molecule has 2 bridgehead atoms. The van der Waals surface area contributed by atoms with Crippen LogP contribution < -0.4 is 4.74 Å². The maximum absolute atomic E-state index is 13.5. The van der Waals surface area contributed by atoms with Crippen LogP contribution in [0, 0.1) is 17.8 Å². The van der Waals surface area contributed by atoms with Crippen LogP contribution in [0.5, 0.6) is 5.75 Å². The standard InChI is InChI=1S/C25H36N2O3/c1-7-15(2)16(3)18-13-25(24(28)30-6)17(4)27(14-18)11-10-20-21-12-19(29-5)8-9-22(21)26-23(20)25/h8-9,12,15-18,26H,7,10-11,13-14H2,1-6H3/t15?,16-,17?,18+,25+/m1/s1. The quantitative estimate of drug-likeness (QED) is 0.733. The highest BCUT2D eigenvalue weighted by Gasteiger charge is 2.56. The Kier molecular flexibility index (Phi) is 5.60. The molecule has 4 rings (SSSR count). The molecule has 0 radical (unpaired) electrons. The number of nitrogens with zero attached hydrogens (tertiary/aromatic N) is 1. The van der Waals surface area contributed by atoms with Gasteiger partial charge in [-0.3, -0.25) is 9.69 Å². The number of ether oxygens (including phenoxy) is 2. The van der Waals surface area contributed by atoms with E-state index < -0.39 is 5.41 Å². The molecule has 0 amide bonds. The third kappa shape index (κ3) is 3.05. The number of fused-ring (bicyclic) bond motifs is 6. The van der Waals surface area contributed by atoms with Crippen molar-refractivity contribution in [2.24, 2.45) is 17.8 Å². The van der Waals surface area contributed by atoms with Crippen LogP contribution in [-0.2, 0) is 21.4 Å². The fourth-order valence-electron chi connectivity index (χ4n) is 5.99. The highest BCUT2D eigenvalue weighted by atomic mass is 16.5. The second-order valence-electron chi connectivity index (χ2n) is 9.48. The number of aromatic nitrogens is 1. The zero-order chi connectivity index (χ0) is 21.6. The second kappa shape index (κ2) is 7.92. The number of benzene rings is 1. The van der Waals surface area contributed by atoms with Crippen LogP contribution in [0.1, 0.15) is 51.8 Å². The van der Waals surface area contributed by atoms with Crippen molar-refractivity contribution in [1.29, 1.82) is 0 Å². The summed E-state index contributed by atoms with van der Waals surface area (Å²) < 4.78 is 11.0. The molecule has 0 spiro atoms. The van der Waals surface area contributed by atoms with E-state index in [2.05, 4.69) is 49.7 Å². The van der Waals surface area contributed by atoms with E-state index in [1.165, 1.54) is 18.1 Å². The van der Waals surface area contributed by atoms with Crippen molar-refractivity contribution >= 4 is 16.9 Å². The number of carbonyl (C=O) groups is 1. The monoisotopic (exact) mass is 412 g/mol. The predicted octanol–water partition coefficient (Wildman–Crippen LogP) is 4.54. The van der Waals surface area contributed by atoms with Gasteiger partial charge in [-0.2, -0.15) is 0 Å². The molecule has 1 aromatic heterocycles. The maximum atomic E-state index is 13.5. The minimum Gasteiger partial charge on any atom is -0.497 e. The molecule has 1 saturated heterocycles. The van der Waals surface area contributed by atoms with E-state index in [0.717, 1.165) is 49.3 Å². The molecule has 6 atom stereocenters. The van der Waals surface area contributed by atoms with E-state index in [4.69, 9.17) is 9.47 Å². The minimum atomic E-state index is -0.669. The lowest BCUT2D eigenvalue weighted by Crippen LogP contribution is -2.60. The van der Waals surface area contributed by atoms with Gasteiger partial charge in [0.15, 0.2) is 0 Å². The Labute approximate surface area is 180 Å². The lowest BCUT2D eigenvalue weighted by atomic mass is 9.64. The largest absolute Gasteiger partial charge is 0.497 e. The minimum absolute atomic E-state index is 0.0986. The summed E-state index contributed by atoms with van der Waals surface area (Å²) in [7, 11) is 3.23. The molecule has 2 aliphatic rings. The van der Waals surface area contributed by atoms with Gasteiger partial charge in [0.2, 0.25) is 0 Å². The van der Waals surface area contributed by atoms with Gasteiger partial charge in [-0.05, 0) is 61.3 Å². The van der Waals surface area contributed by atoms with Crippen molar-refractivity contribution < 1.29 is 14.3 Å². The van der Waals surface area contributed by atoms with Crippen molar-refractivity contribution in [3.8, 4) is 5.75 Å². The molecule has 164 valence electrons. The van der Waals surface area contributed by atoms with E-state index in [-0.39, 0.29) is 12.0 Å². The third-order valence-electron chi connectivity index (χ3n) is 8.36. The second-order valence-corrected chi connectivity index (χ2v) is 9.48. The number of H-pyrrole nitrogens is 1. The summed E-state index contributed by atoms with van der Waals surface area (Å²) in [6, 6.07) is 6.25. The van der Waals surface area contributed by atoms with Crippen molar-refractivity contribution in [3.63, 3.8) is 0 Å². The third-order valence-corrected chi connectivity index (χ3v) is 8.36. The molecule has 5 heteroatoms. The Balaban J connectivity index is 1.91. The van der Waals surface area contributed by atoms with Crippen molar-refractivity contribution in [3.05, 3.63) is 29.5 Å². The number of piperidine rings is 1. The van der Waals surface area contributed by atoms with Crippen LogP contribution in [-0.4, -0.2) is 49.2 Å². The van der Waals surface area contributed by atoms with Crippen molar-refractivity contribution in [1.82, 2.24) is 9.88 Å². The lowest BCUT2D eigenvalue weighted by Gasteiger charge is -2.50. The van der Waals surface area contributed by atoms with E-state index in [9.17, 15) is 4.79 Å². The summed E-state index contributed by atoms with van der Waals surface area (Å²) >= 11 is 0. The first kappa shape index (κ1) is 21.2. The molecule has 30 heavy (non-hydrogen) atoms. The molecule has 1 aromatic carbocycles. The highest BCUT2D eigenvalue weighted by Crippen LogP contribution is 2.49. The molecule has 0 saturated carbocycles. The molecule has 1 N–H and O–H groups in total. The lowest BCUT2D eigenvalue weighted by molar-refractivity contribution is -0.155. The van der Waals surface area contributed by atoms with Crippen LogP contribution in [0.15, 0.2) is 18.2 Å². The zero-order valence-corrected chi connectivity index (χ0v) is 19.2. The normalized spacial score (nSPS) is 30.3. The summed E-state index contributed by atoms with van der Waals surface area (Å²) in [5.74, 6) is 2.39. The Bertz CT molecular complexity index is 936. The van der Waals surface area contributed by atoms with Crippen LogP contribution in [0.3, 0.4) is 0 Å². The number of nitrogens with one attached hydrogen (secondary N) is 1. The summed E-state index contributed by atoms with van der Waals surface area (Å²) in [6.07, 6.45) is 2.92. The Hall–Kier alpha value is -2.01. The van der Waals surface area contributed by atoms with Gasteiger partial charge >= 0.3 is 5.97 Å². The van der Waals surface area contributed by atoms with Gasteiger partial charge in [0.25, 0.3) is 0 Å². The van der Waals surface area contributed by atoms with E-state index in [1.807, 2.05) is 6.07 Å². The van der Waals surface area contributed by atoms with Gasteiger partial charge < -0.3 is 14.5 Å². The molecule has 0 aliphatic carbocycles. The Morgan fingerprint density at radius 3 is 2.77 bits per heavy atom. The van der Waals surface area contributed by atoms with E-state index in [0.29, 0.717) is 17.8 Å². The molecule has 3 unspecified atom stereocenters. The average molecular weight is 413 g/mol. The predicted molar refractivity (Wildman–Crippen MR) is 120 cm³/mol. The number of carbonyl (C=O) groups excluding carboxylic acids is 1. The molecular weight excluding hydrogens is 376 g/mol. The van der Waals surface area contributed by atoms with Gasteiger partial charge in [-0.15, -0.1) is 0 Å². The summed E-state index contributed by atoms with van der Waals surface area (Å²) in [6.45, 7) is 11.2. The number of rotatable bonds is 5. The van der Waals surface area contributed by atoms with Gasteiger partial charge in [0.1, 0.15) is 11.2 Å². The SMILES string of the molecule is CCC(C)[C@@H](C)[C@@H]1CN2CCc3c([nH]c4ccc(OC)cc34)[C@](C(=O)OC)(C1)C2C. The maximum Gasteiger partial charge on any atom is 0.319 e. The number of esters is 1. The molecule has 3 heterocycles. The van der Waals surface area contributed by atoms with Crippen LogP contribution >= 0.6 is 0 Å². The molecular formula is C25H36N2O3. The van der Waals surface area contributed by atoms with Crippen LogP contribution in [0.4, 0.5) is 0 Å². The average Bonchev–Trinajstić information content (AvgIpc) is 3.12. The van der Waals surface area contributed by atoms with Crippen LogP contribution in [0.2, 0.25) is 0 Å². The van der Waals surface area contributed by atoms with E-state index >= 15 is 0 Å². The first-order valence-electron chi connectivity index (χ1n) is 11.4. The summed E-state index contributed by atoms with van der Waals surface area (Å²) in [5.41, 5.74) is 2.72. The van der Waals surface area contributed by atoms with Gasteiger partial charge in [0.05, 0.1) is 14.2 Å². The van der Waals surface area contributed by atoms with Crippen molar-refractivity contribution in [2.75, 3.05) is 27.3 Å². The smallest absolute Gasteiger partial charge is 0.319 e. The number of hydrogen-bond acceptors (Lipinski definition) is 4. The van der Waals surface area contributed by atoms with Crippen LogP contribution in [0.25, 0.3) is 10.9 Å². The van der Waals surface area contributed by atoms with Gasteiger partial charge in [0, 0.05) is 35.7 Å². The number of aromatic amines is 1. The summed E-state index contributed by atoms with van der Waals surface area (Å²) in [4.78, 5) is 19.7. The Morgan fingerprint density at radius 2 is 2.10 bits per heavy atom. The fourth-order valence-corrected chi connectivity index (χ4v) is 5.99. The van der Waals surface area contributed by atoms with Crippen molar-refractivity contribution in [2.45, 2.75) is 58.4 Å². The summed E-state index contributed by atoms with van der Waals surface area (Å²) in [5, 5.41) is 1.17. The molecule has 1 fully saturated rings. The van der Waals surface area contributed by atoms with Gasteiger partial charge in [-0.25, -0.2) is 0 Å². The van der Waals surface area contributed by atoms with E-state index in [1.54, 1.807) is 7.11 Å². The highest BCUT2D eigenvalue weighted by molar-refractivity contribution is 5.92. The first-order chi connectivity index (χ1) is 14.4. The number of methoxy groups -OCH3 is 2. The topological polar surface area (TPSA) is 54.6 Å². The van der Waals surface area contributed by atoms with Gasteiger partial charge in [-0.1, -0.05) is 27.2 Å².